The van der Waals surface area contributed by atoms with Crippen molar-refractivity contribution in [3.63, 3.8) is 0 Å². The molecule has 0 spiro atoms. The third kappa shape index (κ3) is 2.41. The maximum atomic E-state index is 5.40. The normalized spacial score (nSPS) is 22.1. The summed E-state index contributed by atoms with van der Waals surface area (Å²) in [6.45, 7) is 3.35. The Kier molecular flexibility index (Phi) is 3.22. The highest BCUT2D eigenvalue weighted by Crippen LogP contribution is 2.39. The van der Waals surface area contributed by atoms with Crippen LogP contribution in [0, 0.1) is 0 Å². The van der Waals surface area contributed by atoms with Crippen LogP contribution in [0.4, 0.5) is 0 Å². The van der Waals surface area contributed by atoms with Crippen molar-refractivity contribution in [2.75, 3.05) is 19.9 Å². The summed E-state index contributed by atoms with van der Waals surface area (Å²) in [6, 6.07) is 4.71. The topological polar surface area (TPSA) is 42.5 Å². The number of nitrogens with one attached hydrogen (secondary N) is 2. The molecule has 0 radical (unpaired) electrons. The third-order valence-electron chi connectivity index (χ3n) is 3.14. The van der Waals surface area contributed by atoms with Crippen molar-refractivity contribution in [2.45, 2.75) is 19.0 Å². The first-order valence-corrected chi connectivity index (χ1v) is 6.64. The molecule has 0 amide bonds. The molecule has 0 saturated carbocycles. The number of hydrogen-bond donors (Lipinski definition) is 2. The average molecular weight is 299 g/mol. The van der Waals surface area contributed by atoms with E-state index in [1.165, 1.54) is 12.0 Å². The highest BCUT2D eigenvalue weighted by atomic mass is 79.9. The second-order valence-electron chi connectivity index (χ2n) is 4.38. The van der Waals surface area contributed by atoms with E-state index in [-0.39, 0.29) is 0 Å². The van der Waals surface area contributed by atoms with E-state index in [0.29, 0.717) is 12.8 Å². The second kappa shape index (κ2) is 4.84. The van der Waals surface area contributed by atoms with Gasteiger partial charge in [0.25, 0.3) is 0 Å². The van der Waals surface area contributed by atoms with Crippen molar-refractivity contribution in [1.82, 2.24) is 10.6 Å². The van der Waals surface area contributed by atoms with Crippen molar-refractivity contribution < 1.29 is 9.47 Å². The summed E-state index contributed by atoms with van der Waals surface area (Å²) in [5, 5.41) is 6.88. The molecule has 1 unspecified atom stereocenters. The van der Waals surface area contributed by atoms with Crippen LogP contribution in [-0.2, 0) is 6.54 Å². The predicted molar refractivity (Wildman–Crippen MR) is 68.4 cm³/mol. The summed E-state index contributed by atoms with van der Waals surface area (Å²) >= 11 is 3.51. The SMILES string of the molecule is Brc1cc(CNC2CCNC2)cc2c1OCO2. The van der Waals surface area contributed by atoms with Gasteiger partial charge in [-0.2, -0.15) is 0 Å². The molecule has 3 rings (SSSR count). The summed E-state index contributed by atoms with van der Waals surface area (Å²) in [7, 11) is 0. The number of hydrogen-bond acceptors (Lipinski definition) is 4. The monoisotopic (exact) mass is 298 g/mol. The van der Waals surface area contributed by atoms with Crippen molar-refractivity contribution in [3.05, 3.63) is 22.2 Å². The van der Waals surface area contributed by atoms with E-state index >= 15 is 0 Å². The maximum absolute atomic E-state index is 5.40. The van der Waals surface area contributed by atoms with E-state index in [4.69, 9.17) is 9.47 Å². The van der Waals surface area contributed by atoms with Crippen LogP contribution in [-0.4, -0.2) is 25.9 Å². The Morgan fingerprint density at radius 3 is 3.18 bits per heavy atom. The molecule has 2 aliphatic heterocycles. The summed E-state index contributed by atoms with van der Waals surface area (Å²) in [5.41, 5.74) is 1.22. The minimum atomic E-state index is 0.317. The van der Waals surface area contributed by atoms with Crippen LogP contribution in [0.25, 0.3) is 0 Å². The van der Waals surface area contributed by atoms with E-state index in [9.17, 15) is 0 Å². The number of benzene rings is 1. The van der Waals surface area contributed by atoms with Crippen LogP contribution in [0.3, 0.4) is 0 Å². The zero-order chi connectivity index (χ0) is 11.7. The van der Waals surface area contributed by atoms with E-state index < -0.39 is 0 Å². The van der Waals surface area contributed by atoms with Gasteiger partial charge in [0.05, 0.1) is 4.47 Å². The van der Waals surface area contributed by atoms with Crippen molar-refractivity contribution in [1.29, 1.82) is 0 Å². The van der Waals surface area contributed by atoms with Crippen LogP contribution < -0.4 is 20.1 Å². The Labute approximate surface area is 109 Å². The fraction of sp³-hybridized carbons (Fsp3) is 0.500. The van der Waals surface area contributed by atoms with Gasteiger partial charge >= 0.3 is 0 Å². The molecule has 2 N–H and O–H groups in total. The van der Waals surface area contributed by atoms with Gasteiger partial charge in [-0.25, -0.2) is 0 Å². The third-order valence-corrected chi connectivity index (χ3v) is 3.73. The molecule has 1 atom stereocenters. The Hall–Kier alpha value is -0.780. The van der Waals surface area contributed by atoms with Gasteiger partial charge in [-0.1, -0.05) is 0 Å². The van der Waals surface area contributed by atoms with Gasteiger partial charge in [-0.05, 0) is 46.6 Å². The van der Waals surface area contributed by atoms with Crippen LogP contribution >= 0.6 is 15.9 Å². The van der Waals surface area contributed by atoms with Crippen LogP contribution in [0.5, 0.6) is 11.5 Å². The molecule has 5 heteroatoms. The van der Waals surface area contributed by atoms with Crippen molar-refractivity contribution in [3.8, 4) is 11.5 Å². The fourth-order valence-corrected chi connectivity index (χ4v) is 2.82. The molecule has 92 valence electrons. The molecule has 17 heavy (non-hydrogen) atoms. The van der Waals surface area contributed by atoms with Gasteiger partial charge in [-0.3, -0.25) is 0 Å². The van der Waals surface area contributed by atoms with Crippen LogP contribution in [0.15, 0.2) is 16.6 Å². The number of fused-ring (bicyclic) bond motifs is 1. The Morgan fingerprint density at radius 2 is 2.35 bits per heavy atom. The molecular formula is C12H15BrN2O2. The molecule has 2 aliphatic rings. The van der Waals surface area contributed by atoms with Gasteiger partial charge in [0.2, 0.25) is 6.79 Å². The molecule has 0 aromatic heterocycles. The second-order valence-corrected chi connectivity index (χ2v) is 5.24. The lowest BCUT2D eigenvalue weighted by Gasteiger charge is -2.12. The summed E-state index contributed by atoms with van der Waals surface area (Å²) < 4.78 is 11.7. The minimum absolute atomic E-state index is 0.317. The minimum Gasteiger partial charge on any atom is -0.454 e. The summed E-state index contributed by atoms with van der Waals surface area (Å²) in [6.07, 6.45) is 1.20. The van der Waals surface area contributed by atoms with E-state index in [2.05, 4.69) is 32.6 Å². The van der Waals surface area contributed by atoms with E-state index in [1.54, 1.807) is 0 Å². The Bertz CT molecular complexity index is 419. The predicted octanol–water partition coefficient (Wildman–Crippen LogP) is 1.63. The average Bonchev–Trinajstić information content (AvgIpc) is 2.97. The Balaban J connectivity index is 1.68. The highest BCUT2D eigenvalue weighted by Gasteiger charge is 2.19. The summed E-state index contributed by atoms with van der Waals surface area (Å²) in [5.74, 6) is 1.65. The molecule has 1 saturated heterocycles. The largest absolute Gasteiger partial charge is 0.454 e. The van der Waals surface area contributed by atoms with Gasteiger partial charge in [0.15, 0.2) is 11.5 Å². The van der Waals surface area contributed by atoms with Crippen LogP contribution in [0.2, 0.25) is 0 Å². The fourth-order valence-electron chi connectivity index (χ4n) is 2.21. The van der Waals surface area contributed by atoms with Gasteiger partial charge in [0, 0.05) is 19.1 Å². The standard InChI is InChI=1S/C12H15BrN2O2/c13-10-3-8(4-11-12(10)17-7-16-11)5-15-9-1-2-14-6-9/h3-4,9,14-15H,1-2,5-7H2. The lowest BCUT2D eigenvalue weighted by Crippen LogP contribution is -2.30. The Morgan fingerprint density at radius 1 is 1.41 bits per heavy atom. The molecule has 2 heterocycles. The molecule has 1 aromatic rings. The zero-order valence-corrected chi connectivity index (χ0v) is 11.0. The molecule has 1 fully saturated rings. The lowest BCUT2D eigenvalue weighted by molar-refractivity contribution is 0.173. The molecule has 0 bridgehead atoms. The molecular weight excluding hydrogens is 284 g/mol. The molecule has 1 aromatic carbocycles. The highest BCUT2D eigenvalue weighted by molar-refractivity contribution is 9.10. The smallest absolute Gasteiger partial charge is 0.231 e. The van der Waals surface area contributed by atoms with E-state index in [1.807, 2.05) is 6.07 Å². The first-order valence-electron chi connectivity index (χ1n) is 5.85. The zero-order valence-electron chi connectivity index (χ0n) is 9.46. The number of halogens is 1. The first kappa shape index (κ1) is 11.3. The summed E-state index contributed by atoms with van der Waals surface area (Å²) in [4.78, 5) is 0. The molecule has 0 aliphatic carbocycles. The number of rotatable bonds is 3. The first-order chi connectivity index (χ1) is 8.33. The van der Waals surface area contributed by atoms with Crippen LogP contribution in [0.1, 0.15) is 12.0 Å². The maximum Gasteiger partial charge on any atom is 0.231 e. The molecule has 4 nitrogen and oxygen atoms in total. The van der Waals surface area contributed by atoms with Crippen molar-refractivity contribution in [2.24, 2.45) is 0 Å². The van der Waals surface area contributed by atoms with Gasteiger partial charge in [0.1, 0.15) is 0 Å². The van der Waals surface area contributed by atoms with Gasteiger partial charge < -0.3 is 20.1 Å². The van der Waals surface area contributed by atoms with E-state index in [0.717, 1.165) is 35.6 Å². The lowest BCUT2D eigenvalue weighted by atomic mass is 10.2. The number of ether oxygens (including phenoxy) is 2. The van der Waals surface area contributed by atoms with Crippen molar-refractivity contribution >= 4 is 15.9 Å². The quantitative estimate of drug-likeness (QED) is 0.890. The van der Waals surface area contributed by atoms with Gasteiger partial charge in [-0.15, -0.1) is 0 Å².